The molecule has 202 valence electrons. The summed E-state index contributed by atoms with van der Waals surface area (Å²) in [4.78, 5) is 13.2. The molecule has 1 saturated heterocycles. The van der Waals surface area contributed by atoms with Gasteiger partial charge in [0.15, 0.2) is 5.76 Å². The van der Waals surface area contributed by atoms with Crippen LogP contribution in [-0.2, 0) is 16.1 Å². The molecule has 10 nitrogen and oxygen atoms in total. The Morgan fingerprint density at radius 1 is 1.13 bits per heavy atom. The Labute approximate surface area is 224 Å². The summed E-state index contributed by atoms with van der Waals surface area (Å²) in [6, 6.07) is 10.9. The molecule has 2 heterocycles. The average molecular weight is 542 g/mol. The van der Waals surface area contributed by atoms with E-state index < -0.39 is 23.3 Å². The Kier molecular flexibility index (Phi) is 8.58. The van der Waals surface area contributed by atoms with Gasteiger partial charge in [0, 0.05) is 61.2 Å². The normalized spacial score (nSPS) is 15.7. The highest BCUT2D eigenvalue weighted by Crippen LogP contribution is 2.36. The number of hydrogen-bond acceptors (Lipinski definition) is 7. The van der Waals surface area contributed by atoms with E-state index in [1.165, 1.54) is 4.41 Å². The maximum atomic E-state index is 11.9. The van der Waals surface area contributed by atoms with Crippen molar-refractivity contribution in [3.05, 3.63) is 53.3 Å². The molecule has 0 bridgehead atoms. The van der Waals surface area contributed by atoms with Gasteiger partial charge in [-0.3, -0.25) is 9.35 Å². The van der Waals surface area contributed by atoms with Gasteiger partial charge in [0.05, 0.1) is 26.0 Å². The van der Waals surface area contributed by atoms with Crippen molar-refractivity contribution in [3.8, 4) is 23.3 Å². The van der Waals surface area contributed by atoms with Crippen LogP contribution in [0.1, 0.15) is 30.2 Å². The van der Waals surface area contributed by atoms with Gasteiger partial charge in [-0.25, -0.2) is 9.22 Å². The Morgan fingerprint density at radius 2 is 1.82 bits per heavy atom. The van der Waals surface area contributed by atoms with Crippen molar-refractivity contribution in [2.75, 3.05) is 45.3 Å². The van der Waals surface area contributed by atoms with E-state index in [1.807, 2.05) is 43.3 Å². The minimum Gasteiger partial charge on any atom is -0.496 e. The lowest BCUT2D eigenvalue weighted by molar-refractivity contribution is -0.139. The molecular weight excluding hydrogens is 510 g/mol. The van der Waals surface area contributed by atoms with E-state index in [-0.39, 0.29) is 6.42 Å². The molecule has 0 aliphatic carbocycles. The van der Waals surface area contributed by atoms with E-state index >= 15 is 0 Å². The van der Waals surface area contributed by atoms with E-state index in [0.29, 0.717) is 49.0 Å². The molecule has 2 aromatic carbocycles. The predicted octanol–water partition coefficient (Wildman–Crippen LogP) is 3.50. The van der Waals surface area contributed by atoms with Crippen molar-refractivity contribution in [2.24, 2.45) is 0 Å². The molecule has 3 aromatic rings. The molecule has 1 aliphatic heterocycles. The molecule has 2 N–H and O–H groups in total. The fourth-order valence-electron chi connectivity index (χ4n) is 4.61. The number of nitrogens with zero attached hydrogens (tertiary/aromatic N) is 3. The summed E-state index contributed by atoms with van der Waals surface area (Å²) in [5, 5.41) is 11.7. The lowest BCUT2D eigenvalue weighted by Gasteiger charge is -2.41. The van der Waals surface area contributed by atoms with Crippen LogP contribution in [0.15, 0.2) is 40.8 Å². The SMILES string of the molecule is COc1cc(OC)c2c(C)c(C#Cc3ccc(N4CCN(N(C(C)CC(=O)O)S(=O)O)CC4)cc3)oc2c1. The van der Waals surface area contributed by atoms with E-state index in [9.17, 15) is 13.6 Å². The first-order valence-electron chi connectivity index (χ1n) is 12.1. The van der Waals surface area contributed by atoms with E-state index in [1.54, 1.807) is 26.2 Å². The van der Waals surface area contributed by atoms with Crippen molar-refractivity contribution in [1.82, 2.24) is 9.42 Å². The molecule has 38 heavy (non-hydrogen) atoms. The van der Waals surface area contributed by atoms with Gasteiger partial charge in [-0.05, 0) is 44.0 Å². The molecule has 0 saturated carbocycles. The van der Waals surface area contributed by atoms with Gasteiger partial charge in [-0.2, -0.15) is 0 Å². The molecule has 2 atom stereocenters. The number of furan rings is 1. The van der Waals surface area contributed by atoms with Gasteiger partial charge in [0.1, 0.15) is 17.1 Å². The smallest absolute Gasteiger partial charge is 0.305 e. The lowest BCUT2D eigenvalue weighted by atomic mass is 10.1. The first-order chi connectivity index (χ1) is 18.2. The Balaban J connectivity index is 1.44. The summed E-state index contributed by atoms with van der Waals surface area (Å²) in [5.74, 6) is 7.16. The van der Waals surface area contributed by atoms with Gasteiger partial charge in [-0.15, -0.1) is 4.41 Å². The maximum Gasteiger partial charge on any atom is 0.305 e. The molecule has 1 aliphatic rings. The zero-order chi connectivity index (χ0) is 27.4. The summed E-state index contributed by atoms with van der Waals surface area (Å²) in [6.07, 6.45) is -0.218. The van der Waals surface area contributed by atoms with Crippen LogP contribution in [0.4, 0.5) is 5.69 Å². The number of aryl methyl sites for hydroxylation is 1. The third-order valence-corrected chi connectivity index (χ3v) is 7.43. The number of aliphatic carboxylic acids is 1. The number of carboxylic acid groups (broad SMARTS) is 1. The van der Waals surface area contributed by atoms with Crippen LogP contribution < -0.4 is 14.4 Å². The van der Waals surface area contributed by atoms with Gasteiger partial charge in [-0.1, -0.05) is 5.92 Å². The van der Waals surface area contributed by atoms with Crippen molar-refractivity contribution < 1.29 is 32.6 Å². The topological polar surface area (TPSA) is 116 Å². The van der Waals surface area contributed by atoms with Crippen LogP contribution >= 0.6 is 0 Å². The standard InChI is InChI=1S/C27H31N3O7S/c1-18(15-26(31)32)30(38(33)34)29-13-11-28(12-14-29)21-8-5-20(6-9-21)7-10-23-19(2)27-24(36-4)16-22(35-3)17-25(27)37-23/h5-6,8-9,16-18H,11-15H2,1-4H3,(H,31,32)(H,33,34). The van der Waals surface area contributed by atoms with Crippen molar-refractivity contribution in [3.63, 3.8) is 0 Å². The van der Waals surface area contributed by atoms with Crippen LogP contribution in [0.2, 0.25) is 0 Å². The highest BCUT2D eigenvalue weighted by molar-refractivity contribution is 7.76. The molecule has 1 aromatic heterocycles. The number of methoxy groups -OCH3 is 2. The maximum absolute atomic E-state index is 11.9. The van der Waals surface area contributed by atoms with Gasteiger partial charge >= 0.3 is 5.97 Å². The van der Waals surface area contributed by atoms with Crippen LogP contribution in [0.5, 0.6) is 11.5 Å². The molecule has 0 radical (unpaired) electrons. The number of anilines is 1. The molecule has 0 amide bonds. The number of carbonyl (C=O) groups is 1. The number of hydrogen-bond donors (Lipinski definition) is 2. The number of carboxylic acids is 1. The number of ether oxygens (including phenoxy) is 2. The molecule has 11 heteroatoms. The minimum atomic E-state index is -2.29. The van der Waals surface area contributed by atoms with E-state index in [4.69, 9.17) is 19.0 Å². The zero-order valence-electron chi connectivity index (χ0n) is 21.8. The van der Waals surface area contributed by atoms with Crippen LogP contribution in [0.25, 0.3) is 11.0 Å². The number of piperazine rings is 1. The Hall–Kier alpha value is -3.56. The largest absolute Gasteiger partial charge is 0.496 e. The first-order valence-corrected chi connectivity index (χ1v) is 13.2. The number of rotatable bonds is 8. The van der Waals surface area contributed by atoms with Crippen LogP contribution in [0, 0.1) is 18.8 Å². The summed E-state index contributed by atoms with van der Waals surface area (Å²) < 4.78 is 39.6. The summed E-state index contributed by atoms with van der Waals surface area (Å²) in [7, 11) is 3.20. The molecule has 4 rings (SSSR count). The summed E-state index contributed by atoms with van der Waals surface area (Å²) in [6.45, 7) is 5.83. The monoisotopic (exact) mass is 541 g/mol. The average Bonchev–Trinajstić information content (AvgIpc) is 3.22. The molecule has 1 fully saturated rings. The molecule has 2 unspecified atom stereocenters. The van der Waals surface area contributed by atoms with Crippen molar-refractivity contribution in [1.29, 1.82) is 0 Å². The fraction of sp³-hybridized carbons (Fsp3) is 0.370. The van der Waals surface area contributed by atoms with Gasteiger partial charge in [0.25, 0.3) is 0 Å². The van der Waals surface area contributed by atoms with Crippen molar-refractivity contribution >= 4 is 33.9 Å². The first kappa shape index (κ1) is 27.5. The Bertz CT molecular complexity index is 1390. The van der Waals surface area contributed by atoms with Crippen molar-refractivity contribution in [2.45, 2.75) is 26.3 Å². The second-order valence-electron chi connectivity index (χ2n) is 8.98. The third-order valence-electron chi connectivity index (χ3n) is 6.52. The third kappa shape index (κ3) is 5.95. The highest BCUT2D eigenvalue weighted by atomic mass is 32.2. The quantitative estimate of drug-likeness (QED) is 0.327. The number of fused-ring (bicyclic) bond motifs is 1. The van der Waals surface area contributed by atoms with Gasteiger partial charge < -0.3 is 23.9 Å². The molecular formula is C27H31N3O7S. The zero-order valence-corrected chi connectivity index (χ0v) is 22.6. The van der Waals surface area contributed by atoms with Crippen LogP contribution in [0.3, 0.4) is 0 Å². The highest BCUT2D eigenvalue weighted by Gasteiger charge is 2.30. The summed E-state index contributed by atoms with van der Waals surface area (Å²) >= 11 is -2.29. The number of hydrazine groups is 1. The minimum absolute atomic E-state index is 0.218. The second-order valence-corrected chi connectivity index (χ2v) is 9.81. The fourth-order valence-corrected chi connectivity index (χ4v) is 5.36. The van der Waals surface area contributed by atoms with Crippen LogP contribution in [-0.4, -0.2) is 75.7 Å². The predicted molar refractivity (Wildman–Crippen MR) is 145 cm³/mol. The van der Waals surface area contributed by atoms with E-state index in [2.05, 4.69) is 16.7 Å². The van der Waals surface area contributed by atoms with E-state index in [0.717, 1.165) is 22.2 Å². The second kappa shape index (κ2) is 11.9. The summed E-state index contributed by atoms with van der Waals surface area (Å²) in [5.41, 5.74) is 3.40. The van der Waals surface area contributed by atoms with Gasteiger partial charge in [0.2, 0.25) is 11.3 Å². The molecule has 0 spiro atoms. The Morgan fingerprint density at radius 3 is 2.39 bits per heavy atom. The lowest BCUT2D eigenvalue weighted by Crippen LogP contribution is -2.57. The number of benzene rings is 2.